The van der Waals surface area contributed by atoms with E-state index in [9.17, 15) is 14.5 Å². The molecule has 23 heavy (non-hydrogen) atoms. The highest BCUT2D eigenvalue weighted by molar-refractivity contribution is 7.46. The molecular weight excluding hydrogens is 333 g/mol. The van der Waals surface area contributed by atoms with Crippen molar-refractivity contribution in [3.8, 4) is 5.75 Å². The highest BCUT2D eigenvalue weighted by atomic mass is 31.2. The Morgan fingerprint density at radius 2 is 2.13 bits per heavy atom. The van der Waals surface area contributed by atoms with E-state index in [4.69, 9.17) is 20.8 Å². The number of aliphatic carboxylic acids is 1. The highest BCUT2D eigenvalue weighted by Gasteiger charge is 2.18. The topological polar surface area (TPSA) is 185 Å². The zero-order chi connectivity index (χ0) is 17.6. The van der Waals surface area contributed by atoms with E-state index >= 15 is 0 Å². The Bertz CT molecular complexity index is 657. The van der Waals surface area contributed by atoms with Gasteiger partial charge in [0.2, 0.25) is 0 Å². The van der Waals surface area contributed by atoms with Gasteiger partial charge in [0.1, 0.15) is 18.1 Å². The number of aryl methyl sites for hydroxylation is 1. The molecule has 0 aromatic carbocycles. The Morgan fingerprint density at radius 1 is 1.48 bits per heavy atom. The number of aromatic hydroxyl groups is 1. The molecule has 1 rings (SSSR count). The number of nitrogens with two attached hydrogens (primary N) is 1. The fourth-order valence-corrected chi connectivity index (χ4v) is 1.87. The molecule has 6 N–H and O–H groups in total. The minimum absolute atomic E-state index is 0.127. The summed E-state index contributed by atoms with van der Waals surface area (Å²) in [5, 5.41) is 18.9. The molecule has 0 aliphatic rings. The lowest BCUT2D eigenvalue weighted by atomic mass is 10.1. The van der Waals surface area contributed by atoms with Crippen LogP contribution in [-0.4, -0.2) is 43.3 Å². The van der Waals surface area contributed by atoms with E-state index in [0.717, 1.165) is 0 Å². The second kappa shape index (κ2) is 8.11. The molecule has 0 aliphatic heterocycles. The molecule has 0 atom stereocenters. The van der Waals surface area contributed by atoms with Crippen molar-refractivity contribution in [1.82, 2.24) is 4.98 Å². The minimum Gasteiger partial charge on any atom is -0.506 e. The van der Waals surface area contributed by atoms with E-state index < -0.39 is 27.0 Å². The van der Waals surface area contributed by atoms with Crippen LogP contribution in [0.2, 0.25) is 0 Å². The lowest BCUT2D eigenvalue weighted by Crippen LogP contribution is -2.22. The summed E-state index contributed by atoms with van der Waals surface area (Å²) in [4.78, 5) is 40.2. The van der Waals surface area contributed by atoms with Crippen molar-refractivity contribution in [2.24, 2.45) is 10.9 Å². The molecule has 0 amide bonds. The molecule has 0 spiro atoms. The first-order valence-corrected chi connectivity index (χ1v) is 7.63. The van der Waals surface area contributed by atoms with Crippen LogP contribution in [0.25, 0.3) is 0 Å². The zero-order valence-corrected chi connectivity index (χ0v) is 12.9. The van der Waals surface area contributed by atoms with Crippen LogP contribution in [0.3, 0.4) is 0 Å². The normalized spacial score (nSPS) is 12.4. The van der Waals surface area contributed by atoms with Crippen LogP contribution in [0.5, 0.6) is 5.75 Å². The Kier molecular flexibility index (Phi) is 6.76. The van der Waals surface area contributed by atoms with Crippen molar-refractivity contribution in [2.75, 3.05) is 6.61 Å². The summed E-state index contributed by atoms with van der Waals surface area (Å²) in [5.74, 6) is 3.17. The van der Waals surface area contributed by atoms with Gasteiger partial charge in [-0.3, -0.25) is 19.3 Å². The smallest absolute Gasteiger partial charge is 0.469 e. The van der Waals surface area contributed by atoms with E-state index in [0.29, 0.717) is 0 Å². The Hall–Kier alpha value is -1.88. The lowest BCUT2D eigenvalue weighted by molar-refractivity contribution is -0.129. The number of pyridine rings is 1. The van der Waals surface area contributed by atoms with Gasteiger partial charge in [-0.2, -0.15) is 0 Å². The quantitative estimate of drug-likeness (QED) is 0.235. The summed E-state index contributed by atoms with van der Waals surface area (Å²) in [6.07, 6.45) is 1.25. The fourth-order valence-electron chi connectivity index (χ4n) is 1.57. The first kappa shape index (κ1) is 19.2. The van der Waals surface area contributed by atoms with Crippen molar-refractivity contribution in [2.45, 2.75) is 20.1 Å². The van der Waals surface area contributed by atoms with Crippen molar-refractivity contribution < 1.29 is 38.7 Å². The largest absolute Gasteiger partial charge is 0.506 e. The number of aliphatic imine (C=N–C) groups is 1. The molecule has 0 fully saturated rings. The number of nitrogens with zero attached hydrogens (tertiary/aromatic N) is 2. The molecule has 1 aromatic rings. The third kappa shape index (κ3) is 6.02. The standard InChI is InChI=1S/C11H16N3O8P/c1-6-10(15)8(3-14-9(5-21-12)11(16)17)7(2-13-6)4-22-23(18,19)20/h2,15H,3-5,12H2,1H3,(H,16,17)(H2,18,19,20). The Morgan fingerprint density at radius 3 is 2.65 bits per heavy atom. The van der Waals surface area contributed by atoms with Gasteiger partial charge >= 0.3 is 13.8 Å². The summed E-state index contributed by atoms with van der Waals surface area (Å²) in [6.45, 7) is 0.220. The number of carboxylic acids is 1. The van der Waals surface area contributed by atoms with E-state index in [2.05, 4.69) is 19.3 Å². The number of hydrogen-bond acceptors (Lipinski definition) is 8. The van der Waals surface area contributed by atoms with Gasteiger partial charge in [0.15, 0.2) is 0 Å². The molecule has 1 aromatic heterocycles. The second-order valence-electron chi connectivity index (χ2n) is 4.34. The number of carboxylic acid groups (broad SMARTS) is 1. The summed E-state index contributed by atoms with van der Waals surface area (Å²) >= 11 is 0. The number of rotatable bonds is 8. The van der Waals surface area contributed by atoms with E-state index in [1.807, 2.05) is 0 Å². The number of hydrogen-bond donors (Lipinski definition) is 5. The van der Waals surface area contributed by atoms with Gasteiger partial charge in [0, 0.05) is 17.3 Å². The molecule has 0 radical (unpaired) electrons. The SMILES string of the molecule is Cc1ncc(COP(=O)(O)O)c(CN=C(CON)C(=O)O)c1O. The Balaban J connectivity index is 3.12. The van der Waals surface area contributed by atoms with Crippen LogP contribution in [0, 0.1) is 6.92 Å². The maximum Gasteiger partial charge on any atom is 0.469 e. The van der Waals surface area contributed by atoms with Gasteiger partial charge < -0.3 is 20.0 Å². The average molecular weight is 349 g/mol. The monoisotopic (exact) mass is 349 g/mol. The molecular formula is C11H16N3O8P. The van der Waals surface area contributed by atoms with Crippen LogP contribution in [0.4, 0.5) is 0 Å². The van der Waals surface area contributed by atoms with Crippen LogP contribution >= 0.6 is 7.82 Å². The van der Waals surface area contributed by atoms with Crippen LogP contribution in [0.1, 0.15) is 16.8 Å². The van der Waals surface area contributed by atoms with Crippen LogP contribution < -0.4 is 5.90 Å². The lowest BCUT2D eigenvalue weighted by Gasteiger charge is -2.12. The molecule has 0 bridgehead atoms. The van der Waals surface area contributed by atoms with Gasteiger partial charge in [0.05, 0.1) is 18.8 Å². The average Bonchev–Trinajstić information content (AvgIpc) is 2.45. The maximum atomic E-state index is 10.9. The molecule has 12 heteroatoms. The summed E-state index contributed by atoms with van der Waals surface area (Å²) in [7, 11) is -4.72. The predicted octanol–water partition coefficient (Wildman–Crippen LogP) is -0.379. The molecule has 0 aliphatic carbocycles. The minimum atomic E-state index is -4.72. The number of carbonyl (C=O) groups is 1. The van der Waals surface area contributed by atoms with Gasteiger partial charge in [-0.25, -0.2) is 15.3 Å². The van der Waals surface area contributed by atoms with E-state index in [1.54, 1.807) is 0 Å². The van der Waals surface area contributed by atoms with Gasteiger partial charge in [-0.05, 0) is 6.92 Å². The summed E-state index contributed by atoms with van der Waals surface area (Å²) in [6, 6.07) is 0. The number of aromatic nitrogens is 1. The first-order valence-electron chi connectivity index (χ1n) is 6.10. The van der Waals surface area contributed by atoms with Crippen molar-refractivity contribution >= 4 is 19.5 Å². The molecule has 1 heterocycles. The molecule has 11 nitrogen and oxygen atoms in total. The zero-order valence-electron chi connectivity index (χ0n) is 12.0. The maximum absolute atomic E-state index is 10.9. The molecule has 0 saturated carbocycles. The van der Waals surface area contributed by atoms with Crippen molar-refractivity contribution in [3.63, 3.8) is 0 Å². The number of phosphoric ester groups is 1. The Labute approximate surface area is 130 Å². The fraction of sp³-hybridized carbons (Fsp3) is 0.364. The highest BCUT2D eigenvalue weighted by Crippen LogP contribution is 2.38. The number of phosphoric acid groups is 1. The predicted molar refractivity (Wildman–Crippen MR) is 76.4 cm³/mol. The molecule has 128 valence electrons. The van der Waals surface area contributed by atoms with E-state index in [-0.39, 0.29) is 34.8 Å². The van der Waals surface area contributed by atoms with E-state index in [1.165, 1.54) is 13.1 Å². The van der Waals surface area contributed by atoms with Crippen molar-refractivity contribution in [1.29, 1.82) is 0 Å². The molecule has 0 unspecified atom stereocenters. The molecule has 0 saturated heterocycles. The second-order valence-corrected chi connectivity index (χ2v) is 5.58. The summed E-state index contributed by atoms with van der Waals surface area (Å²) < 4.78 is 15.1. The summed E-state index contributed by atoms with van der Waals surface area (Å²) in [5.41, 5.74) is 0.130. The van der Waals surface area contributed by atoms with Gasteiger partial charge in [0.25, 0.3) is 0 Å². The van der Waals surface area contributed by atoms with Crippen molar-refractivity contribution in [3.05, 3.63) is 23.0 Å². The van der Waals surface area contributed by atoms with Gasteiger partial charge in [-0.15, -0.1) is 0 Å². The third-order valence-corrected chi connectivity index (χ3v) is 3.18. The third-order valence-electron chi connectivity index (χ3n) is 2.71. The van der Waals surface area contributed by atoms with Crippen LogP contribution in [-0.2, 0) is 31.9 Å². The van der Waals surface area contributed by atoms with Crippen LogP contribution in [0.15, 0.2) is 11.2 Å². The van der Waals surface area contributed by atoms with Gasteiger partial charge in [-0.1, -0.05) is 0 Å². The first-order chi connectivity index (χ1) is 10.7.